The zero-order chi connectivity index (χ0) is 9.10. The lowest BCUT2D eigenvalue weighted by molar-refractivity contribution is 0.0124. The second-order valence-corrected chi connectivity index (χ2v) is 3.63. The van der Waals surface area contributed by atoms with Gasteiger partial charge in [0.1, 0.15) is 6.10 Å². The monoisotopic (exact) mass is 197 g/mol. The topological polar surface area (TPSA) is 22.1 Å². The van der Waals surface area contributed by atoms with Crippen molar-refractivity contribution < 1.29 is 4.74 Å². The maximum absolute atomic E-state index is 6.02. The summed E-state index contributed by atoms with van der Waals surface area (Å²) in [5.41, 5.74) is 0.892. The average molecular weight is 198 g/mol. The van der Waals surface area contributed by atoms with E-state index >= 15 is 0 Å². The van der Waals surface area contributed by atoms with E-state index in [2.05, 4.69) is 4.98 Å². The standard InChI is InChI=1S/C10H12ClNO/c11-8-4-3-6-12-10(8)9-5-1-2-7-13-9/h3-4,6,9H,1-2,5,7H2. The maximum atomic E-state index is 6.02. The maximum Gasteiger partial charge on any atom is 0.101 e. The summed E-state index contributed by atoms with van der Waals surface area (Å²) >= 11 is 6.02. The summed E-state index contributed by atoms with van der Waals surface area (Å²) in [7, 11) is 0. The third-order valence-corrected chi connectivity index (χ3v) is 2.59. The Hall–Kier alpha value is -0.600. The van der Waals surface area contributed by atoms with Gasteiger partial charge in [0.15, 0.2) is 0 Å². The van der Waals surface area contributed by atoms with Crippen LogP contribution >= 0.6 is 11.6 Å². The van der Waals surface area contributed by atoms with Crippen LogP contribution in [-0.2, 0) is 4.74 Å². The van der Waals surface area contributed by atoms with Crippen LogP contribution in [0.4, 0.5) is 0 Å². The lowest BCUT2D eigenvalue weighted by Crippen LogP contribution is -2.13. The molecule has 1 fully saturated rings. The van der Waals surface area contributed by atoms with Gasteiger partial charge in [-0.25, -0.2) is 0 Å². The third kappa shape index (κ3) is 2.01. The number of ether oxygens (including phenoxy) is 1. The molecule has 0 N–H and O–H groups in total. The van der Waals surface area contributed by atoms with E-state index in [0.29, 0.717) is 0 Å². The zero-order valence-electron chi connectivity index (χ0n) is 7.37. The molecule has 0 saturated carbocycles. The molecule has 0 spiro atoms. The average Bonchev–Trinajstić information content (AvgIpc) is 2.20. The van der Waals surface area contributed by atoms with Crippen molar-refractivity contribution in [2.24, 2.45) is 0 Å². The summed E-state index contributed by atoms with van der Waals surface area (Å²) < 4.78 is 5.60. The molecular formula is C10H12ClNO. The highest BCUT2D eigenvalue weighted by Crippen LogP contribution is 2.30. The van der Waals surface area contributed by atoms with Crippen LogP contribution in [0.15, 0.2) is 18.3 Å². The number of rotatable bonds is 1. The first-order valence-corrected chi connectivity index (χ1v) is 4.98. The van der Waals surface area contributed by atoms with Crippen LogP contribution in [-0.4, -0.2) is 11.6 Å². The van der Waals surface area contributed by atoms with Crippen LogP contribution in [0.3, 0.4) is 0 Å². The first-order valence-electron chi connectivity index (χ1n) is 4.60. The molecule has 1 saturated heterocycles. The highest BCUT2D eigenvalue weighted by molar-refractivity contribution is 6.31. The van der Waals surface area contributed by atoms with Crippen LogP contribution < -0.4 is 0 Å². The second-order valence-electron chi connectivity index (χ2n) is 3.23. The van der Waals surface area contributed by atoms with Crippen molar-refractivity contribution >= 4 is 11.6 Å². The van der Waals surface area contributed by atoms with E-state index < -0.39 is 0 Å². The molecule has 1 aromatic heterocycles. The van der Waals surface area contributed by atoms with Gasteiger partial charge in [-0.15, -0.1) is 0 Å². The second kappa shape index (κ2) is 4.07. The van der Waals surface area contributed by atoms with E-state index in [1.54, 1.807) is 6.20 Å². The molecule has 0 bridgehead atoms. The minimum absolute atomic E-state index is 0.113. The van der Waals surface area contributed by atoms with Gasteiger partial charge in [0.2, 0.25) is 0 Å². The van der Waals surface area contributed by atoms with Gasteiger partial charge in [-0.05, 0) is 31.4 Å². The Bertz CT molecular complexity index is 284. The molecule has 1 aliphatic heterocycles. The smallest absolute Gasteiger partial charge is 0.101 e. The third-order valence-electron chi connectivity index (χ3n) is 2.27. The molecule has 1 aromatic rings. The van der Waals surface area contributed by atoms with E-state index in [1.165, 1.54) is 6.42 Å². The Morgan fingerprint density at radius 1 is 1.46 bits per heavy atom. The summed E-state index contributed by atoms with van der Waals surface area (Å²) in [5.74, 6) is 0. The quantitative estimate of drug-likeness (QED) is 0.691. The van der Waals surface area contributed by atoms with Crippen molar-refractivity contribution in [1.29, 1.82) is 0 Å². The number of hydrogen-bond acceptors (Lipinski definition) is 2. The molecule has 0 aromatic carbocycles. The fourth-order valence-corrected chi connectivity index (χ4v) is 1.83. The lowest BCUT2D eigenvalue weighted by Gasteiger charge is -2.22. The predicted molar refractivity (Wildman–Crippen MR) is 51.8 cm³/mol. The molecule has 0 aliphatic carbocycles. The molecule has 13 heavy (non-hydrogen) atoms. The van der Waals surface area contributed by atoms with Gasteiger partial charge in [0.25, 0.3) is 0 Å². The van der Waals surface area contributed by atoms with Crippen LogP contribution in [0.25, 0.3) is 0 Å². The van der Waals surface area contributed by atoms with Crippen LogP contribution in [0, 0.1) is 0 Å². The molecule has 0 radical (unpaired) electrons. The molecular weight excluding hydrogens is 186 g/mol. The number of aromatic nitrogens is 1. The van der Waals surface area contributed by atoms with Gasteiger partial charge in [-0.1, -0.05) is 11.6 Å². The Balaban J connectivity index is 2.18. The van der Waals surface area contributed by atoms with E-state index in [9.17, 15) is 0 Å². The molecule has 2 heterocycles. The summed E-state index contributed by atoms with van der Waals surface area (Å²) in [6.45, 7) is 0.831. The van der Waals surface area contributed by atoms with Crippen LogP contribution in [0.5, 0.6) is 0 Å². The van der Waals surface area contributed by atoms with Crippen LogP contribution in [0.1, 0.15) is 31.1 Å². The van der Waals surface area contributed by atoms with Crippen molar-refractivity contribution in [1.82, 2.24) is 4.98 Å². The molecule has 1 atom stereocenters. The molecule has 1 unspecified atom stereocenters. The Labute approximate surface area is 82.9 Å². The molecule has 2 nitrogen and oxygen atoms in total. The zero-order valence-corrected chi connectivity index (χ0v) is 8.13. The molecule has 1 aliphatic rings. The normalized spacial score (nSPS) is 23.0. The lowest BCUT2D eigenvalue weighted by atomic mass is 10.1. The van der Waals surface area contributed by atoms with Gasteiger partial charge >= 0.3 is 0 Å². The van der Waals surface area contributed by atoms with Crippen molar-refractivity contribution in [3.63, 3.8) is 0 Å². The highest BCUT2D eigenvalue weighted by atomic mass is 35.5. The molecule has 70 valence electrons. The SMILES string of the molecule is Clc1cccnc1C1CCCCO1. The molecule has 0 amide bonds. The Kier molecular flexibility index (Phi) is 2.81. The van der Waals surface area contributed by atoms with E-state index in [1.807, 2.05) is 12.1 Å². The summed E-state index contributed by atoms with van der Waals surface area (Å²) in [6, 6.07) is 3.70. The Morgan fingerprint density at radius 2 is 2.38 bits per heavy atom. The minimum Gasteiger partial charge on any atom is -0.372 e. The summed E-state index contributed by atoms with van der Waals surface area (Å²) in [6.07, 6.45) is 5.27. The van der Waals surface area contributed by atoms with Gasteiger partial charge < -0.3 is 4.74 Å². The number of hydrogen-bond donors (Lipinski definition) is 0. The van der Waals surface area contributed by atoms with Crippen molar-refractivity contribution in [3.8, 4) is 0 Å². The predicted octanol–water partition coefficient (Wildman–Crippen LogP) is 2.98. The highest BCUT2D eigenvalue weighted by Gasteiger charge is 2.19. The fourth-order valence-electron chi connectivity index (χ4n) is 1.59. The van der Waals surface area contributed by atoms with E-state index in [-0.39, 0.29) is 6.10 Å². The molecule has 2 rings (SSSR count). The number of halogens is 1. The minimum atomic E-state index is 0.113. The molecule has 3 heteroatoms. The number of pyridine rings is 1. The largest absolute Gasteiger partial charge is 0.372 e. The van der Waals surface area contributed by atoms with E-state index in [0.717, 1.165) is 30.2 Å². The van der Waals surface area contributed by atoms with Gasteiger partial charge in [0.05, 0.1) is 10.7 Å². The van der Waals surface area contributed by atoms with Gasteiger partial charge in [-0.2, -0.15) is 0 Å². The summed E-state index contributed by atoms with van der Waals surface area (Å²) in [5, 5.41) is 0.717. The van der Waals surface area contributed by atoms with E-state index in [4.69, 9.17) is 16.3 Å². The van der Waals surface area contributed by atoms with Gasteiger partial charge in [0, 0.05) is 12.8 Å². The summed E-state index contributed by atoms with van der Waals surface area (Å²) in [4.78, 5) is 4.24. The van der Waals surface area contributed by atoms with Crippen molar-refractivity contribution in [3.05, 3.63) is 29.0 Å². The van der Waals surface area contributed by atoms with Crippen molar-refractivity contribution in [2.45, 2.75) is 25.4 Å². The van der Waals surface area contributed by atoms with Crippen LogP contribution in [0.2, 0.25) is 5.02 Å². The first kappa shape index (κ1) is 8.97. The number of nitrogens with zero attached hydrogens (tertiary/aromatic N) is 1. The first-order chi connectivity index (χ1) is 6.38. The Morgan fingerprint density at radius 3 is 3.08 bits per heavy atom. The fraction of sp³-hybridized carbons (Fsp3) is 0.500. The van der Waals surface area contributed by atoms with Crippen molar-refractivity contribution in [2.75, 3.05) is 6.61 Å². The van der Waals surface area contributed by atoms with Gasteiger partial charge in [-0.3, -0.25) is 4.98 Å².